The number of carbonyl (C=O) groups is 3. The van der Waals surface area contributed by atoms with Crippen molar-refractivity contribution in [2.75, 3.05) is 31.7 Å². The Bertz CT molecular complexity index is 362. The summed E-state index contributed by atoms with van der Waals surface area (Å²) in [4.78, 5) is 34.3. The van der Waals surface area contributed by atoms with Crippen LogP contribution in [-0.2, 0) is 23.9 Å². The van der Waals surface area contributed by atoms with Gasteiger partial charge in [0.1, 0.15) is 18.5 Å². The zero-order chi connectivity index (χ0) is 17.0. The number of thioether (sulfide) groups is 1. The van der Waals surface area contributed by atoms with Crippen LogP contribution < -0.4 is 5.32 Å². The van der Waals surface area contributed by atoms with Gasteiger partial charge in [0.25, 0.3) is 0 Å². The van der Waals surface area contributed by atoms with Gasteiger partial charge in [-0.1, -0.05) is 20.8 Å². The van der Waals surface area contributed by atoms with Crippen molar-refractivity contribution in [1.29, 1.82) is 0 Å². The SMILES string of the molecule is CCC(=O)OC[C@@H](CSC[C@H](C)C(=O)CNC)OC(=O)CC. The third-order valence-electron chi connectivity index (χ3n) is 2.88. The first-order valence-electron chi connectivity index (χ1n) is 7.54. The number of ether oxygens (including phenoxy) is 2. The Hall–Kier alpha value is -1.08. The summed E-state index contributed by atoms with van der Waals surface area (Å²) in [5, 5.41) is 2.83. The van der Waals surface area contributed by atoms with Gasteiger partial charge in [-0.05, 0) is 7.05 Å². The highest BCUT2D eigenvalue weighted by Crippen LogP contribution is 2.13. The van der Waals surface area contributed by atoms with E-state index in [1.54, 1.807) is 20.9 Å². The van der Waals surface area contributed by atoms with Crippen LogP contribution in [0.25, 0.3) is 0 Å². The van der Waals surface area contributed by atoms with E-state index >= 15 is 0 Å². The van der Waals surface area contributed by atoms with Crippen LogP contribution in [0.1, 0.15) is 33.6 Å². The largest absolute Gasteiger partial charge is 0.462 e. The minimum absolute atomic E-state index is 0.0598. The standard InChI is InChI=1S/C15H27NO5S/c1-5-14(18)20-8-12(21-15(19)6-2)10-22-9-11(3)13(17)7-16-4/h11-12,16H,5-10H2,1-4H3/t11-,12-/m0/s1. The Balaban J connectivity index is 4.24. The topological polar surface area (TPSA) is 81.7 Å². The normalized spacial score (nSPS) is 13.3. The summed E-state index contributed by atoms with van der Waals surface area (Å²) in [7, 11) is 1.74. The Morgan fingerprint density at radius 2 is 1.73 bits per heavy atom. The molecule has 0 aromatic rings. The van der Waals surface area contributed by atoms with Crippen molar-refractivity contribution in [1.82, 2.24) is 5.32 Å². The average molecular weight is 333 g/mol. The molecule has 0 rings (SSSR count). The van der Waals surface area contributed by atoms with Crippen LogP contribution in [0.3, 0.4) is 0 Å². The summed E-state index contributed by atoms with van der Waals surface area (Å²) in [6.45, 7) is 5.70. The van der Waals surface area contributed by atoms with Gasteiger partial charge in [0.15, 0.2) is 0 Å². The molecule has 0 radical (unpaired) electrons. The fourth-order valence-electron chi connectivity index (χ4n) is 1.49. The molecule has 0 bridgehead atoms. The van der Waals surface area contributed by atoms with Gasteiger partial charge in [-0.3, -0.25) is 14.4 Å². The molecule has 1 N–H and O–H groups in total. The number of hydrogen-bond acceptors (Lipinski definition) is 7. The van der Waals surface area contributed by atoms with E-state index in [1.165, 1.54) is 11.8 Å². The molecule has 22 heavy (non-hydrogen) atoms. The van der Waals surface area contributed by atoms with Crippen molar-refractivity contribution in [3.63, 3.8) is 0 Å². The second-order valence-electron chi connectivity index (χ2n) is 4.94. The van der Waals surface area contributed by atoms with Crippen molar-refractivity contribution in [3.05, 3.63) is 0 Å². The number of likely N-dealkylation sites (N-methyl/N-ethyl adjacent to an activating group) is 1. The minimum Gasteiger partial charge on any atom is -0.462 e. The highest BCUT2D eigenvalue weighted by molar-refractivity contribution is 7.99. The van der Waals surface area contributed by atoms with Gasteiger partial charge in [0.05, 0.1) is 6.54 Å². The van der Waals surface area contributed by atoms with Gasteiger partial charge >= 0.3 is 11.9 Å². The molecule has 0 aliphatic rings. The number of esters is 2. The number of hydrogen-bond donors (Lipinski definition) is 1. The lowest BCUT2D eigenvalue weighted by Crippen LogP contribution is -2.29. The van der Waals surface area contributed by atoms with E-state index in [9.17, 15) is 14.4 Å². The molecule has 0 saturated heterocycles. The lowest BCUT2D eigenvalue weighted by molar-refractivity contribution is -0.157. The fourth-order valence-corrected chi connectivity index (χ4v) is 2.59. The molecule has 0 amide bonds. The predicted octanol–water partition coefficient (Wildman–Crippen LogP) is 1.42. The van der Waals surface area contributed by atoms with E-state index in [0.29, 0.717) is 18.1 Å². The number of carbonyl (C=O) groups excluding carboxylic acids is 3. The van der Waals surface area contributed by atoms with E-state index < -0.39 is 6.10 Å². The lowest BCUT2D eigenvalue weighted by atomic mass is 10.1. The van der Waals surface area contributed by atoms with Crippen LogP contribution in [-0.4, -0.2) is 55.5 Å². The monoisotopic (exact) mass is 333 g/mol. The van der Waals surface area contributed by atoms with Crippen LogP contribution >= 0.6 is 11.8 Å². The molecule has 0 aromatic heterocycles. The maximum absolute atomic E-state index is 11.7. The van der Waals surface area contributed by atoms with Gasteiger partial charge < -0.3 is 14.8 Å². The molecular weight excluding hydrogens is 306 g/mol. The summed E-state index contributed by atoms with van der Waals surface area (Å²) in [6.07, 6.45) is 0.0939. The summed E-state index contributed by atoms with van der Waals surface area (Å²) in [5.74, 6) is 0.577. The summed E-state index contributed by atoms with van der Waals surface area (Å²) < 4.78 is 10.3. The van der Waals surface area contributed by atoms with Gasteiger partial charge in [-0.25, -0.2) is 0 Å². The van der Waals surface area contributed by atoms with Gasteiger partial charge in [-0.2, -0.15) is 11.8 Å². The first-order chi connectivity index (χ1) is 10.4. The zero-order valence-electron chi connectivity index (χ0n) is 13.8. The van der Waals surface area contributed by atoms with Crippen LogP contribution in [0.4, 0.5) is 0 Å². The number of nitrogens with one attached hydrogen (secondary N) is 1. The minimum atomic E-state index is -0.473. The summed E-state index contributed by atoms with van der Waals surface area (Å²) in [6, 6.07) is 0. The molecule has 0 saturated carbocycles. The van der Waals surface area contributed by atoms with Crippen LogP contribution in [0.15, 0.2) is 0 Å². The predicted molar refractivity (Wildman–Crippen MR) is 86.8 cm³/mol. The van der Waals surface area contributed by atoms with Crippen molar-refractivity contribution < 1.29 is 23.9 Å². The van der Waals surface area contributed by atoms with Crippen LogP contribution in [0.2, 0.25) is 0 Å². The lowest BCUT2D eigenvalue weighted by Gasteiger charge is -2.18. The molecule has 0 aliphatic heterocycles. The quantitative estimate of drug-likeness (QED) is 0.541. The smallest absolute Gasteiger partial charge is 0.305 e. The second-order valence-corrected chi connectivity index (χ2v) is 6.01. The highest BCUT2D eigenvalue weighted by Gasteiger charge is 2.18. The molecule has 2 atom stereocenters. The van der Waals surface area contributed by atoms with Crippen molar-refractivity contribution in [3.8, 4) is 0 Å². The van der Waals surface area contributed by atoms with E-state index in [1.807, 2.05) is 6.92 Å². The molecule has 7 heteroatoms. The summed E-state index contributed by atoms with van der Waals surface area (Å²) >= 11 is 1.52. The van der Waals surface area contributed by atoms with Gasteiger partial charge in [-0.15, -0.1) is 0 Å². The van der Waals surface area contributed by atoms with Gasteiger partial charge in [0, 0.05) is 30.3 Å². The Morgan fingerprint density at radius 1 is 1.09 bits per heavy atom. The highest BCUT2D eigenvalue weighted by atomic mass is 32.2. The maximum atomic E-state index is 11.7. The molecule has 128 valence electrons. The third-order valence-corrected chi connectivity index (χ3v) is 4.22. The van der Waals surface area contributed by atoms with Crippen LogP contribution in [0, 0.1) is 5.92 Å². The Kier molecular flexibility index (Phi) is 11.9. The van der Waals surface area contributed by atoms with E-state index in [2.05, 4.69) is 5.32 Å². The molecule has 0 heterocycles. The summed E-state index contributed by atoms with van der Waals surface area (Å²) in [5.41, 5.74) is 0. The number of ketones is 1. The molecule has 6 nitrogen and oxygen atoms in total. The fraction of sp³-hybridized carbons (Fsp3) is 0.800. The third kappa shape index (κ3) is 9.78. The van der Waals surface area contributed by atoms with Gasteiger partial charge in [0.2, 0.25) is 0 Å². The van der Waals surface area contributed by atoms with Crippen molar-refractivity contribution >= 4 is 29.5 Å². The Labute approximate surface area is 136 Å². The second kappa shape index (κ2) is 12.5. The molecule has 0 aliphatic carbocycles. The Morgan fingerprint density at radius 3 is 2.27 bits per heavy atom. The molecule has 0 unspecified atom stereocenters. The molecule has 0 fully saturated rings. The zero-order valence-corrected chi connectivity index (χ0v) is 14.7. The first-order valence-corrected chi connectivity index (χ1v) is 8.70. The molecular formula is C15H27NO5S. The van der Waals surface area contributed by atoms with E-state index in [-0.39, 0.29) is 43.1 Å². The maximum Gasteiger partial charge on any atom is 0.305 e. The first kappa shape index (κ1) is 20.9. The van der Waals surface area contributed by atoms with Crippen molar-refractivity contribution in [2.45, 2.75) is 39.7 Å². The molecule has 0 spiro atoms. The number of Topliss-reactive ketones (excluding diaryl/α,β-unsaturated/α-hetero) is 1. The number of rotatable bonds is 12. The average Bonchev–Trinajstić information content (AvgIpc) is 2.51. The van der Waals surface area contributed by atoms with Crippen LogP contribution in [0.5, 0.6) is 0 Å². The van der Waals surface area contributed by atoms with E-state index in [0.717, 1.165) is 0 Å². The van der Waals surface area contributed by atoms with Crippen molar-refractivity contribution in [2.24, 2.45) is 5.92 Å². The molecule has 0 aromatic carbocycles. The van der Waals surface area contributed by atoms with E-state index in [4.69, 9.17) is 9.47 Å².